The van der Waals surface area contributed by atoms with Crippen LogP contribution < -0.4 is 0 Å². The Hall–Kier alpha value is -3.44. The van der Waals surface area contributed by atoms with Crippen LogP contribution in [0.1, 0.15) is 30.5 Å². The van der Waals surface area contributed by atoms with Crippen molar-refractivity contribution in [3.63, 3.8) is 0 Å². The number of hydrogen-bond acceptors (Lipinski definition) is 4. The molecule has 0 radical (unpaired) electrons. The van der Waals surface area contributed by atoms with E-state index in [0.717, 1.165) is 16.7 Å². The van der Waals surface area contributed by atoms with Crippen LogP contribution in [-0.2, 0) is 26.5 Å². The third kappa shape index (κ3) is 3.97. The van der Waals surface area contributed by atoms with E-state index in [1.807, 2.05) is 78.7 Å². The van der Waals surface area contributed by atoms with Crippen LogP contribution in [0.15, 0.2) is 91.0 Å². The minimum Gasteiger partial charge on any atom is -0.459 e. The van der Waals surface area contributed by atoms with Crippen LogP contribution in [-0.4, -0.2) is 34.5 Å². The molecule has 3 aromatic rings. The van der Waals surface area contributed by atoms with Crippen molar-refractivity contribution >= 4 is 11.9 Å². The van der Waals surface area contributed by atoms with Crippen LogP contribution >= 0.6 is 0 Å². The molecule has 31 heavy (non-hydrogen) atoms. The molecule has 0 aliphatic carbocycles. The smallest absolute Gasteiger partial charge is 0.327 e. The first-order valence-corrected chi connectivity index (χ1v) is 10.4. The fraction of sp³-hybridized carbons (Fsp3) is 0.231. The summed E-state index contributed by atoms with van der Waals surface area (Å²) in [6.07, 6.45) is 0. The maximum atomic E-state index is 12.8. The minimum absolute atomic E-state index is 0.0882. The monoisotopic (exact) mass is 414 g/mol. The Bertz CT molecular complexity index is 999. The Morgan fingerprint density at radius 2 is 1.35 bits per heavy atom. The molecule has 3 aromatic carbocycles. The zero-order chi connectivity index (χ0) is 21.8. The van der Waals surface area contributed by atoms with Gasteiger partial charge >= 0.3 is 5.97 Å². The molecule has 0 spiro atoms. The van der Waals surface area contributed by atoms with E-state index < -0.39 is 11.5 Å². The summed E-state index contributed by atoms with van der Waals surface area (Å²) in [4.78, 5) is 25.3. The quantitative estimate of drug-likeness (QED) is 0.545. The standard InChI is InChI=1S/C26H26N2O3/c1-20-25(30)27(18-24(29)31-19-21-12-6-3-7-13-21)28(20)26(2,22-14-8-4-9-15-22)23-16-10-5-11-17-23/h3-17,20H,18-19H2,1-2H3. The van der Waals surface area contributed by atoms with Crippen LogP contribution in [0.25, 0.3) is 0 Å². The fourth-order valence-corrected chi connectivity index (χ4v) is 4.22. The molecule has 1 fully saturated rings. The number of carbonyl (C=O) groups excluding carboxylic acids is 2. The summed E-state index contributed by atoms with van der Waals surface area (Å²) in [5.74, 6) is -0.521. The highest BCUT2D eigenvalue weighted by Gasteiger charge is 2.53. The van der Waals surface area contributed by atoms with Crippen molar-refractivity contribution in [3.05, 3.63) is 108 Å². The normalized spacial score (nSPS) is 16.6. The maximum absolute atomic E-state index is 12.8. The number of amides is 1. The van der Waals surface area contributed by atoms with Crippen molar-refractivity contribution in [1.82, 2.24) is 10.0 Å². The Balaban J connectivity index is 1.59. The highest BCUT2D eigenvalue weighted by atomic mass is 16.5. The van der Waals surface area contributed by atoms with E-state index in [0.29, 0.717) is 0 Å². The topological polar surface area (TPSA) is 49.9 Å². The molecule has 1 heterocycles. The van der Waals surface area contributed by atoms with Gasteiger partial charge in [-0.05, 0) is 30.5 Å². The number of ether oxygens (including phenoxy) is 1. The highest BCUT2D eigenvalue weighted by Crippen LogP contribution is 2.42. The van der Waals surface area contributed by atoms with E-state index in [2.05, 4.69) is 31.2 Å². The van der Waals surface area contributed by atoms with Crippen molar-refractivity contribution in [1.29, 1.82) is 0 Å². The number of nitrogens with zero attached hydrogens (tertiary/aromatic N) is 2. The average molecular weight is 415 g/mol. The molecule has 5 heteroatoms. The number of hydrogen-bond donors (Lipinski definition) is 0. The summed E-state index contributed by atoms with van der Waals surface area (Å²) in [6, 6.07) is 29.3. The molecule has 1 unspecified atom stereocenters. The average Bonchev–Trinajstić information content (AvgIpc) is 2.83. The zero-order valence-corrected chi connectivity index (χ0v) is 17.8. The largest absolute Gasteiger partial charge is 0.459 e. The predicted octanol–water partition coefficient (Wildman–Crippen LogP) is 4.14. The van der Waals surface area contributed by atoms with E-state index in [-0.39, 0.29) is 25.1 Å². The maximum Gasteiger partial charge on any atom is 0.327 e. The first-order valence-electron chi connectivity index (χ1n) is 10.4. The van der Waals surface area contributed by atoms with Crippen LogP contribution in [0.3, 0.4) is 0 Å². The number of esters is 1. The summed E-state index contributed by atoms with van der Waals surface area (Å²) >= 11 is 0. The Labute approximate surface area is 182 Å². The number of benzene rings is 3. The molecule has 0 bridgehead atoms. The number of carbonyl (C=O) groups is 2. The lowest BCUT2D eigenvalue weighted by Gasteiger charge is -2.57. The van der Waals surface area contributed by atoms with Crippen molar-refractivity contribution < 1.29 is 14.3 Å². The second kappa shape index (κ2) is 8.74. The van der Waals surface area contributed by atoms with Crippen molar-refractivity contribution in [3.8, 4) is 0 Å². The van der Waals surface area contributed by atoms with Crippen LogP contribution in [0, 0.1) is 0 Å². The molecule has 1 aliphatic rings. The minimum atomic E-state index is -0.616. The number of rotatable bonds is 7. The van der Waals surface area contributed by atoms with Gasteiger partial charge in [-0.2, -0.15) is 5.01 Å². The lowest BCUT2D eigenvalue weighted by molar-refractivity contribution is -0.217. The van der Waals surface area contributed by atoms with Gasteiger partial charge in [0.05, 0.1) is 5.54 Å². The van der Waals surface area contributed by atoms with Crippen molar-refractivity contribution in [2.24, 2.45) is 0 Å². The van der Waals surface area contributed by atoms with Gasteiger partial charge in [-0.25, -0.2) is 0 Å². The first-order chi connectivity index (χ1) is 15.0. The van der Waals surface area contributed by atoms with Crippen molar-refractivity contribution in [2.75, 3.05) is 6.54 Å². The lowest BCUT2D eigenvalue weighted by Crippen LogP contribution is -2.74. The molecule has 4 rings (SSSR count). The lowest BCUT2D eigenvalue weighted by atomic mass is 9.81. The molecule has 0 saturated carbocycles. The summed E-state index contributed by atoms with van der Waals surface area (Å²) < 4.78 is 5.43. The first kappa shape index (κ1) is 20.8. The molecule has 1 saturated heterocycles. The third-order valence-corrected chi connectivity index (χ3v) is 5.89. The van der Waals surface area contributed by atoms with Crippen LogP contribution in [0.5, 0.6) is 0 Å². The summed E-state index contributed by atoms with van der Waals surface area (Å²) in [5, 5.41) is 3.50. The molecule has 5 nitrogen and oxygen atoms in total. The third-order valence-electron chi connectivity index (χ3n) is 5.89. The molecule has 1 amide bonds. The van der Waals surface area contributed by atoms with Gasteiger partial charge in [-0.3, -0.25) is 14.6 Å². The van der Waals surface area contributed by atoms with Gasteiger partial charge in [0.25, 0.3) is 5.91 Å². The number of hydrazine groups is 1. The molecule has 0 aromatic heterocycles. The Morgan fingerprint density at radius 1 is 0.871 bits per heavy atom. The second-order valence-corrected chi connectivity index (χ2v) is 7.87. The Kier molecular flexibility index (Phi) is 5.87. The molecule has 0 N–H and O–H groups in total. The summed E-state index contributed by atoms with van der Waals surface area (Å²) in [7, 11) is 0. The SMILES string of the molecule is CC1C(=O)N(CC(=O)OCc2ccccc2)N1C(C)(c1ccccc1)c1ccccc1. The predicted molar refractivity (Wildman–Crippen MR) is 119 cm³/mol. The van der Waals surface area contributed by atoms with Gasteiger partial charge in [-0.15, -0.1) is 0 Å². The van der Waals surface area contributed by atoms with Gasteiger partial charge in [0.2, 0.25) is 0 Å². The molecule has 1 aliphatic heterocycles. The van der Waals surface area contributed by atoms with E-state index >= 15 is 0 Å². The fourth-order valence-electron chi connectivity index (χ4n) is 4.22. The Morgan fingerprint density at radius 3 is 1.87 bits per heavy atom. The van der Waals surface area contributed by atoms with Crippen molar-refractivity contribution in [2.45, 2.75) is 32.0 Å². The van der Waals surface area contributed by atoms with Gasteiger partial charge in [0.15, 0.2) is 0 Å². The van der Waals surface area contributed by atoms with Gasteiger partial charge in [0, 0.05) is 0 Å². The second-order valence-electron chi connectivity index (χ2n) is 7.87. The molecule has 1 atom stereocenters. The molecular formula is C26H26N2O3. The highest BCUT2D eigenvalue weighted by molar-refractivity contribution is 5.89. The zero-order valence-electron chi connectivity index (χ0n) is 17.8. The van der Waals surface area contributed by atoms with Gasteiger partial charge in [-0.1, -0.05) is 91.0 Å². The van der Waals surface area contributed by atoms with Crippen LogP contribution in [0.4, 0.5) is 0 Å². The van der Waals surface area contributed by atoms with E-state index in [1.165, 1.54) is 5.01 Å². The van der Waals surface area contributed by atoms with E-state index in [4.69, 9.17) is 4.74 Å². The van der Waals surface area contributed by atoms with E-state index in [1.54, 1.807) is 0 Å². The summed E-state index contributed by atoms with van der Waals surface area (Å²) in [5.41, 5.74) is 2.39. The van der Waals surface area contributed by atoms with Gasteiger partial charge < -0.3 is 4.74 Å². The van der Waals surface area contributed by atoms with E-state index in [9.17, 15) is 9.59 Å². The molecular weight excluding hydrogens is 388 g/mol. The molecule has 158 valence electrons. The summed E-state index contributed by atoms with van der Waals surface area (Å²) in [6.45, 7) is 4.03. The van der Waals surface area contributed by atoms with Gasteiger partial charge in [0.1, 0.15) is 19.2 Å². The van der Waals surface area contributed by atoms with Crippen LogP contribution in [0.2, 0.25) is 0 Å².